The highest BCUT2D eigenvalue weighted by Gasteiger charge is 2.40. The monoisotopic (exact) mass is 468 g/mol. The summed E-state index contributed by atoms with van der Waals surface area (Å²) in [7, 11) is 0. The number of hydrogen-bond acceptors (Lipinski definition) is 4. The number of carbonyl (C=O) groups excluding carboxylic acids is 3. The Balaban J connectivity index is 1.46. The summed E-state index contributed by atoms with van der Waals surface area (Å²) in [4.78, 5) is 44.4. The molecule has 7 nitrogen and oxygen atoms in total. The molecule has 2 aromatic rings. The molecule has 1 N–H and O–H groups in total. The second kappa shape index (κ2) is 9.04. The van der Waals surface area contributed by atoms with E-state index >= 15 is 0 Å². The predicted molar refractivity (Wildman–Crippen MR) is 124 cm³/mol. The predicted octanol–water partition coefficient (Wildman–Crippen LogP) is 3.55. The first-order valence-corrected chi connectivity index (χ1v) is 11.7. The van der Waals surface area contributed by atoms with E-state index in [2.05, 4.69) is 5.32 Å². The van der Waals surface area contributed by atoms with Gasteiger partial charge in [-0.05, 0) is 62.4 Å². The zero-order valence-corrected chi connectivity index (χ0v) is 18.7. The maximum absolute atomic E-state index is 14.0. The van der Waals surface area contributed by atoms with Gasteiger partial charge in [0.2, 0.25) is 11.8 Å². The third kappa shape index (κ3) is 4.10. The molecule has 34 heavy (non-hydrogen) atoms. The fourth-order valence-corrected chi connectivity index (χ4v) is 5.08. The fraction of sp³-hybridized carbons (Fsp3) is 0.400. The van der Waals surface area contributed by atoms with Gasteiger partial charge in [0.1, 0.15) is 24.2 Å². The number of rotatable bonds is 4. The van der Waals surface area contributed by atoms with Crippen LogP contribution in [0.25, 0.3) is 0 Å². The van der Waals surface area contributed by atoms with E-state index in [1.807, 2.05) is 11.0 Å². The van der Waals surface area contributed by atoms with Crippen molar-refractivity contribution in [1.82, 2.24) is 4.90 Å². The Hall–Kier alpha value is -3.49. The summed E-state index contributed by atoms with van der Waals surface area (Å²) >= 11 is 0. The molecular weight excluding hydrogens is 442 g/mol. The van der Waals surface area contributed by atoms with Crippen molar-refractivity contribution in [3.8, 4) is 0 Å². The zero-order chi connectivity index (χ0) is 23.8. The fourth-order valence-electron chi connectivity index (χ4n) is 5.08. The van der Waals surface area contributed by atoms with Crippen molar-refractivity contribution in [2.24, 2.45) is 0 Å². The quantitative estimate of drug-likeness (QED) is 0.745. The van der Waals surface area contributed by atoms with Crippen molar-refractivity contribution in [2.75, 3.05) is 41.3 Å². The summed E-state index contributed by atoms with van der Waals surface area (Å²) in [5.41, 5.74) is 1.47. The molecule has 9 heteroatoms. The van der Waals surface area contributed by atoms with E-state index in [4.69, 9.17) is 0 Å². The van der Waals surface area contributed by atoms with Crippen LogP contribution in [0.3, 0.4) is 0 Å². The van der Waals surface area contributed by atoms with Crippen LogP contribution in [0, 0.1) is 11.6 Å². The molecule has 0 spiro atoms. The van der Waals surface area contributed by atoms with Gasteiger partial charge in [0.05, 0.1) is 17.1 Å². The number of benzene rings is 2. The van der Waals surface area contributed by atoms with Crippen LogP contribution in [-0.4, -0.2) is 54.8 Å². The van der Waals surface area contributed by atoms with E-state index in [1.165, 1.54) is 4.90 Å². The highest BCUT2D eigenvalue weighted by atomic mass is 19.1. The molecule has 0 radical (unpaired) electrons. The minimum atomic E-state index is -0.767. The molecule has 1 atom stereocenters. The van der Waals surface area contributed by atoms with Crippen LogP contribution < -0.4 is 15.1 Å². The SMILES string of the molecule is O=C(CN1C(=O)C2CCCCN2c2ccc(C(=O)N3CCCC3)cc21)Nc1cc(F)ccc1F. The molecule has 3 aliphatic rings. The first-order chi connectivity index (χ1) is 16.4. The van der Waals surface area contributed by atoms with Crippen molar-refractivity contribution in [2.45, 2.75) is 38.1 Å². The van der Waals surface area contributed by atoms with Gasteiger partial charge < -0.3 is 15.1 Å². The van der Waals surface area contributed by atoms with Gasteiger partial charge >= 0.3 is 0 Å². The Bertz CT molecular complexity index is 1150. The topological polar surface area (TPSA) is 73.0 Å². The molecule has 2 aromatic carbocycles. The lowest BCUT2D eigenvalue weighted by Crippen LogP contribution is -2.56. The molecule has 1 unspecified atom stereocenters. The highest BCUT2D eigenvalue weighted by Crippen LogP contribution is 2.40. The minimum Gasteiger partial charge on any atom is -0.358 e. The molecular formula is C25H26F2N4O3. The Morgan fingerprint density at radius 3 is 2.50 bits per heavy atom. The average molecular weight is 469 g/mol. The van der Waals surface area contributed by atoms with Gasteiger partial charge in [-0.3, -0.25) is 19.3 Å². The average Bonchev–Trinajstić information content (AvgIpc) is 3.38. The Labute approximate surface area is 196 Å². The molecule has 5 rings (SSSR count). The number of piperidine rings is 1. The second-order valence-electron chi connectivity index (χ2n) is 9.00. The molecule has 2 saturated heterocycles. The van der Waals surface area contributed by atoms with Crippen molar-refractivity contribution in [3.05, 3.63) is 53.6 Å². The maximum atomic E-state index is 14.0. The summed E-state index contributed by atoms with van der Waals surface area (Å²) in [6.07, 6.45) is 4.46. The number of amides is 3. The van der Waals surface area contributed by atoms with E-state index in [0.717, 1.165) is 56.1 Å². The van der Waals surface area contributed by atoms with Gasteiger partial charge in [-0.2, -0.15) is 0 Å². The number of halogens is 2. The van der Waals surface area contributed by atoms with E-state index in [-0.39, 0.29) is 30.1 Å². The van der Waals surface area contributed by atoms with Gasteiger partial charge in [0, 0.05) is 31.3 Å². The first-order valence-electron chi connectivity index (χ1n) is 11.7. The smallest absolute Gasteiger partial charge is 0.253 e. The lowest BCUT2D eigenvalue weighted by atomic mass is 9.95. The number of nitrogens with zero attached hydrogens (tertiary/aromatic N) is 3. The lowest BCUT2D eigenvalue weighted by Gasteiger charge is -2.45. The maximum Gasteiger partial charge on any atom is 0.253 e. The van der Waals surface area contributed by atoms with Crippen LogP contribution in [0.4, 0.5) is 25.8 Å². The molecule has 0 aliphatic carbocycles. The standard InChI is InChI=1S/C25H26F2N4O3/c26-17-7-8-18(27)19(14-17)28-23(32)15-31-22-13-16(24(33)29-10-3-4-11-29)6-9-20(22)30-12-2-1-5-21(30)25(31)34/h6-9,13-14,21H,1-5,10-12,15H2,(H,28,32). The highest BCUT2D eigenvalue weighted by molar-refractivity contribution is 6.11. The van der Waals surface area contributed by atoms with Crippen LogP contribution in [0.5, 0.6) is 0 Å². The molecule has 178 valence electrons. The van der Waals surface area contributed by atoms with Crippen molar-refractivity contribution in [1.29, 1.82) is 0 Å². The molecule has 3 amide bonds. The minimum absolute atomic E-state index is 0.0975. The number of likely N-dealkylation sites (tertiary alicyclic amines) is 1. The second-order valence-corrected chi connectivity index (χ2v) is 9.00. The molecule has 3 aliphatic heterocycles. The van der Waals surface area contributed by atoms with Gasteiger partial charge in [-0.1, -0.05) is 0 Å². The normalized spacial score (nSPS) is 19.6. The van der Waals surface area contributed by atoms with E-state index in [9.17, 15) is 23.2 Å². The van der Waals surface area contributed by atoms with Crippen molar-refractivity contribution >= 4 is 34.8 Å². The van der Waals surface area contributed by atoms with Gasteiger partial charge in [-0.15, -0.1) is 0 Å². The Kier molecular flexibility index (Phi) is 5.93. The zero-order valence-electron chi connectivity index (χ0n) is 18.7. The van der Waals surface area contributed by atoms with Gasteiger partial charge in [0.25, 0.3) is 5.91 Å². The van der Waals surface area contributed by atoms with Crippen LogP contribution in [0.1, 0.15) is 42.5 Å². The third-order valence-electron chi connectivity index (χ3n) is 6.77. The Morgan fingerprint density at radius 1 is 0.941 bits per heavy atom. The third-order valence-corrected chi connectivity index (χ3v) is 6.77. The number of anilines is 3. The molecule has 0 saturated carbocycles. The molecule has 0 bridgehead atoms. The van der Waals surface area contributed by atoms with Crippen molar-refractivity contribution < 1.29 is 23.2 Å². The van der Waals surface area contributed by atoms with Crippen LogP contribution >= 0.6 is 0 Å². The molecule has 2 fully saturated rings. The van der Waals surface area contributed by atoms with Crippen molar-refractivity contribution in [3.63, 3.8) is 0 Å². The Morgan fingerprint density at radius 2 is 1.71 bits per heavy atom. The van der Waals surface area contributed by atoms with E-state index in [0.29, 0.717) is 30.8 Å². The summed E-state index contributed by atoms with van der Waals surface area (Å²) in [6, 6.07) is 7.71. The lowest BCUT2D eigenvalue weighted by molar-refractivity contribution is -0.123. The summed E-state index contributed by atoms with van der Waals surface area (Å²) in [6.45, 7) is 1.76. The number of fused-ring (bicyclic) bond motifs is 3. The summed E-state index contributed by atoms with van der Waals surface area (Å²) < 4.78 is 27.5. The van der Waals surface area contributed by atoms with Crippen LogP contribution in [-0.2, 0) is 9.59 Å². The van der Waals surface area contributed by atoms with E-state index < -0.39 is 17.5 Å². The van der Waals surface area contributed by atoms with E-state index in [1.54, 1.807) is 17.0 Å². The molecule has 3 heterocycles. The summed E-state index contributed by atoms with van der Waals surface area (Å²) in [5.74, 6) is -2.42. The number of nitrogens with one attached hydrogen (secondary N) is 1. The number of carbonyl (C=O) groups is 3. The molecule has 0 aromatic heterocycles. The van der Waals surface area contributed by atoms with Gasteiger partial charge in [-0.25, -0.2) is 8.78 Å². The van der Waals surface area contributed by atoms with Crippen LogP contribution in [0.15, 0.2) is 36.4 Å². The first kappa shape index (κ1) is 22.3. The largest absolute Gasteiger partial charge is 0.358 e. The summed E-state index contributed by atoms with van der Waals surface area (Å²) in [5, 5.41) is 2.37. The number of hydrogen-bond donors (Lipinski definition) is 1. The van der Waals surface area contributed by atoms with Crippen LogP contribution in [0.2, 0.25) is 0 Å². The van der Waals surface area contributed by atoms with Gasteiger partial charge in [0.15, 0.2) is 0 Å².